The Kier molecular flexibility index (Phi) is 7.25. The Morgan fingerprint density at radius 2 is 2.04 bits per heavy atom. The van der Waals surface area contributed by atoms with E-state index < -0.39 is 16.1 Å². The van der Waals surface area contributed by atoms with Gasteiger partial charge >= 0.3 is 0 Å². The van der Waals surface area contributed by atoms with E-state index >= 15 is 0 Å². The van der Waals surface area contributed by atoms with Gasteiger partial charge in [-0.1, -0.05) is 26.0 Å². The van der Waals surface area contributed by atoms with Crippen LogP contribution in [0.5, 0.6) is 0 Å². The van der Waals surface area contributed by atoms with Crippen molar-refractivity contribution in [3.63, 3.8) is 0 Å². The Morgan fingerprint density at radius 3 is 2.68 bits per heavy atom. The molecule has 6 nitrogen and oxygen atoms in total. The molecular formula is C19H28ClFN4O2S. The predicted molar refractivity (Wildman–Crippen MR) is 110 cm³/mol. The van der Waals surface area contributed by atoms with Crippen LogP contribution < -0.4 is 5.32 Å². The van der Waals surface area contributed by atoms with Crippen molar-refractivity contribution in [3.05, 3.63) is 47.0 Å². The molecule has 1 aliphatic heterocycles. The van der Waals surface area contributed by atoms with E-state index in [1.54, 1.807) is 30.7 Å². The van der Waals surface area contributed by atoms with Gasteiger partial charge in [-0.3, -0.25) is 4.68 Å². The maximum Gasteiger partial charge on any atom is 0.247 e. The van der Waals surface area contributed by atoms with Crippen LogP contribution in [0, 0.1) is 25.6 Å². The normalized spacial score (nSPS) is 18.3. The highest BCUT2D eigenvalue weighted by molar-refractivity contribution is 7.89. The summed E-state index contributed by atoms with van der Waals surface area (Å²) in [5.74, 6) is -0.00896. The van der Waals surface area contributed by atoms with Crippen LogP contribution in [0.25, 0.3) is 0 Å². The van der Waals surface area contributed by atoms with Crippen molar-refractivity contribution >= 4 is 22.4 Å². The van der Waals surface area contributed by atoms with Crippen molar-refractivity contribution in [1.29, 1.82) is 0 Å². The second kappa shape index (κ2) is 8.90. The Balaban J connectivity index is 0.00000280. The van der Waals surface area contributed by atoms with Crippen LogP contribution in [0.1, 0.15) is 36.8 Å². The number of hydrogen-bond acceptors (Lipinski definition) is 4. The minimum Gasteiger partial charge on any atom is -0.313 e. The summed E-state index contributed by atoms with van der Waals surface area (Å²) < 4.78 is 44.1. The highest BCUT2D eigenvalue weighted by atomic mass is 35.5. The quantitative estimate of drug-likeness (QED) is 0.791. The summed E-state index contributed by atoms with van der Waals surface area (Å²) in [7, 11) is -3.76. The van der Waals surface area contributed by atoms with Gasteiger partial charge in [0.15, 0.2) is 0 Å². The van der Waals surface area contributed by atoms with Crippen LogP contribution in [-0.2, 0) is 16.6 Å². The van der Waals surface area contributed by atoms with Gasteiger partial charge in [0, 0.05) is 26.2 Å². The summed E-state index contributed by atoms with van der Waals surface area (Å²) in [6.07, 6.45) is 0. The molecule has 156 valence electrons. The summed E-state index contributed by atoms with van der Waals surface area (Å²) in [6.45, 7) is 9.67. The molecule has 1 aliphatic rings. The fourth-order valence-corrected chi connectivity index (χ4v) is 5.66. The maximum atomic E-state index is 13.7. The number of piperazine rings is 1. The van der Waals surface area contributed by atoms with E-state index in [0.717, 1.165) is 0 Å². The van der Waals surface area contributed by atoms with Gasteiger partial charge < -0.3 is 5.32 Å². The number of rotatable bonds is 5. The van der Waals surface area contributed by atoms with E-state index in [4.69, 9.17) is 0 Å². The van der Waals surface area contributed by atoms with Crippen LogP contribution in [0.4, 0.5) is 4.39 Å². The van der Waals surface area contributed by atoms with Gasteiger partial charge in [0.2, 0.25) is 10.0 Å². The molecule has 1 atom stereocenters. The zero-order chi connectivity index (χ0) is 19.8. The van der Waals surface area contributed by atoms with Crippen LogP contribution in [0.3, 0.4) is 0 Å². The molecule has 1 aromatic heterocycles. The summed E-state index contributed by atoms with van der Waals surface area (Å²) >= 11 is 0. The third-order valence-electron chi connectivity index (χ3n) is 4.85. The number of nitrogens with one attached hydrogen (secondary N) is 1. The molecule has 2 heterocycles. The summed E-state index contributed by atoms with van der Waals surface area (Å²) in [4.78, 5) is 0.270. The molecule has 1 N–H and O–H groups in total. The van der Waals surface area contributed by atoms with E-state index in [1.165, 1.54) is 16.4 Å². The van der Waals surface area contributed by atoms with Crippen molar-refractivity contribution in [3.8, 4) is 0 Å². The minimum atomic E-state index is -3.76. The van der Waals surface area contributed by atoms with Crippen molar-refractivity contribution < 1.29 is 12.8 Å². The second-order valence-electron chi connectivity index (χ2n) is 7.47. The van der Waals surface area contributed by atoms with Crippen molar-refractivity contribution in [2.75, 3.05) is 19.6 Å². The summed E-state index contributed by atoms with van der Waals surface area (Å²) in [5.41, 5.74) is 1.80. The average Bonchev–Trinajstić information content (AvgIpc) is 2.88. The van der Waals surface area contributed by atoms with Gasteiger partial charge in [-0.2, -0.15) is 9.40 Å². The molecule has 0 spiro atoms. The molecule has 0 radical (unpaired) electrons. The lowest BCUT2D eigenvalue weighted by molar-refractivity contribution is 0.270. The lowest BCUT2D eigenvalue weighted by Crippen LogP contribution is -2.48. The van der Waals surface area contributed by atoms with Crippen molar-refractivity contribution in [1.82, 2.24) is 19.4 Å². The summed E-state index contributed by atoms with van der Waals surface area (Å²) in [5, 5.41) is 7.68. The number of aryl methyl sites for hydroxylation is 1. The van der Waals surface area contributed by atoms with Gasteiger partial charge in [-0.15, -0.1) is 12.4 Å². The topological polar surface area (TPSA) is 67.2 Å². The molecule has 2 aromatic rings. The third-order valence-corrected chi connectivity index (χ3v) is 7.01. The molecule has 1 fully saturated rings. The van der Waals surface area contributed by atoms with Crippen molar-refractivity contribution in [2.24, 2.45) is 5.92 Å². The highest BCUT2D eigenvalue weighted by Gasteiger charge is 2.37. The Morgan fingerprint density at radius 1 is 1.32 bits per heavy atom. The number of sulfonamides is 1. The minimum absolute atomic E-state index is 0. The van der Waals surface area contributed by atoms with Gasteiger partial charge in [-0.05, 0) is 37.5 Å². The number of nitrogens with zero attached hydrogens (tertiary/aromatic N) is 3. The first kappa shape index (κ1) is 22.8. The summed E-state index contributed by atoms with van der Waals surface area (Å²) in [6, 6.07) is 5.70. The van der Waals surface area contributed by atoms with Crippen LogP contribution in [0.2, 0.25) is 0 Å². The number of halogens is 2. The molecule has 0 bridgehead atoms. The van der Waals surface area contributed by atoms with Gasteiger partial charge in [0.05, 0.1) is 17.4 Å². The van der Waals surface area contributed by atoms with E-state index in [-0.39, 0.29) is 23.1 Å². The Labute approximate surface area is 172 Å². The molecule has 0 saturated carbocycles. The molecule has 9 heteroatoms. The fraction of sp³-hybridized carbons (Fsp3) is 0.526. The predicted octanol–water partition coefficient (Wildman–Crippen LogP) is 3.05. The zero-order valence-corrected chi connectivity index (χ0v) is 18.3. The Hall–Kier alpha value is -1.48. The fourth-order valence-electron chi connectivity index (χ4n) is 3.67. The smallest absolute Gasteiger partial charge is 0.247 e. The first-order valence-corrected chi connectivity index (χ1v) is 10.7. The molecule has 1 aromatic carbocycles. The molecule has 28 heavy (non-hydrogen) atoms. The van der Waals surface area contributed by atoms with Gasteiger partial charge in [0.1, 0.15) is 10.7 Å². The van der Waals surface area contributed by atoms with Crippen molar-refractivity contribution in [2.45, 2.75) is 45.2 Å². The molecule has 1 saturated heterocycles. The zero-order valence-electron chi connectivity index (χ0n) is 16.6. The van der Waals surface area contributed by atoms with Crippen LogP contribution in [0.15, 0.2) is 29.2 Å². The number of aromatic nitrogens is 2. The van der Waals surface area contributed by atoms with Crippen LogP contribution in [-0.4, -0.2) is 42.1 Å². The molecule has 1 unspecified atom stereocenters. The number of hydrogen-bond donors (Lipinski definition) is 1. The van der Waals surface area contributed by atoms with E-state index in [0.29, 0.717) is 49.0 Å². The van der Waals surface area contributed by atoms with Gasteiger partial charge in [0.25, 0.3) is 0 Å². The standard InChI is InChI=1S/C19H27FN4O2S.ClH/c1-13(2)12-23-15(4)19(14(3)22-23)27(25,26)24-9-8-21-11-18(24)16-6-5-7-17(20)10-16;/h5-7,10,13,18,21H,8-9,11-12H2,1-4H3;1H. The largest absolute Gasteiger partial charge is 0.313 e. The molecule has 0 amide bonds. The Bertz CT molecular complexity index is 930. The SMILES string of the molecule is Cc1nn(CC(C)C)c(C)c1S(=O)(=O)N1CCNCC1c1cccc(F)c1.Cl. The second-order valence-corrected chi connectivity index (χ2v) is 9.29. The first-order valence-electron chi connectivity index (χ1n) is 9.24. The van der Waals surface area contributed by atoms with Crippen LogP contribution >= 0.6 is 12.4 Å². The highest BCUT2D eigenvalue weighted by Crippen LogP contribution is 2.32. The lowest BCUT2D eigenvalue weighted by Gasteiger charge is -2.35. The number of benzene rings is 1. The van der Waals surface area contributed by atoms with E-state index in [1.807, 2.05) is 0 Å². The molecule has 0 aliphatic carbocycles. The first-order chi connectivity index (χ1) is 12.7. The van der Waals surface area contributed by atoms with Gasteiger partial charge in [-0.25, -0.2) is 12.8 Å². The van der Waals surface area contributed by atoms with E-state index in [9.17, 15) is 12.8 Å². The molecular weight excluding hydrogens is 403 g/mol. The molecule has 3 rings (SSSR count). The maximum absolute atomic E-state index is 13.7. The van der Waals surface area contributed by atoms with E-state index in [2.05, 4.69) is 24.3 Å². The third kappa shape index (κ3) is 4.40. The lowest BCUT2D eigenvalue weighted by atomic mass is 10.1. The average molecular weight is 431 g/mol. The monoisotopic (exact) mass is 430 g/mol.